The average Bonchev–Trinajstić information content (AvgIpc) is 2.68. The Labute approximate surface area is 93.8 Å². The van der Waals surface area contributed by atoms with E-state index in [9.17, 15) is 0 Å². The summed E-state index contributed by atoms with van der Waals surface area (Å²) in [6, 6.07) is 3.87. The third-order valence-electron chi connectivity index (χ3n) is 2.60. The Kier molecular flexibility index (Phi) is 2.81. The molecule has 4 heteroatoms. The Hall–Kier alpha value is -1.97. The molecule has 0 bridgehead atoms. The molecule has 0 fully saturated rings. The zero-order chi connectivity index (χ0) is 11.5. The van der Waals surface area contributed by atoms with Crippen molar-refractivity contribution in [3.63, 3.8) is 0 Å². The standard InChI is InChI=1S/C12H13NO3/c1-15-11-5-9-3-8(7-13-14)4-10(9)6-12(11)16-2/h3,5-7,14H,4H2,1-2H3/b13-7-. The molecule has 1 aliphatic rings. The van der Waals surface area contributed by atoms with Crippen LogP contribution in [-0.4, -0.2) is 25.6 Å². The molecule has 0 aliphatic heterocycles. The number of benzene rings is 1. The van der Waals surface area contributed by atoms with E-state index in [-0.39, 0.29) is 0 Å². The number of hydrogen-bond acceptors (Lipinski definition) is 4. The molecule has 0 spiro atoms. The first-order valence-electron chi connectivity index (χ1n) is 4.91. The molecular formula is C12H13NO3. The molecule has 1 aromatic carbocycles. The Morgan fingerprint density at radius 2 is 1.94 bits per heavy atom. The van der Waals surface area contributed by atoms with Crippen LogP contribution < -0.4 is 9.47 Å². The lowest BCUT2D eigenvalue weighted by atomic mass is 10.1. The van der Waals surface area contributed by atoms with Crippen molar-refractivity contribution in [1.29, 1.82) is 0 Å². The number of allylic oxidation sites excluding steroid dienone is 1. The summed E-state index contributed by atoms with van der Waals surface area (Å²) in [5.74, 6) is 1.43. The van der Waals surface area contributed by atoms with Crippen molar-refractivity contribution in [1.82, 2.24) is 0 Å². The second-order valence-corrected chi connectivity index (χ2v) is 3.55. The van der Waals surface area contributed by atoms with Crippen LogP contribution in [-0.2, 0) is 6.42 Å². The maximum absolute atomic E-state index is 8.49. The number of rotatable bonds is 3. The van der Waals surface area contributed by atoms with Gasteiger partial charge in [0.2, 0.25) is 0 Å². The van der Waals surface area contributed by atoms with E-state index in [4.69, 9.17) is 14.7 Å². The van der Waals surface area contributed by atoms with Crippen molar-refractivity contribution >= 4 is 12.3 Å². The fourth-order valence-corrected chi connectivity index (χ4v) is 1.85. The SMILES string of the molecule is COc1cc2c(cc1OC)CC(/C=N\O)=C2. The second kappa shape index (κ2) is 4.26. The van der Waals surface area contributed by atoms with Gasteiger partial charge in [0.15, 0.2) is 11.5 Å². The van der Waals surface area contributed by atoms with Crippen LogP contribution in [0.15, 0.2) is 22.9 Å². The summed E-state index contributed by atoms with van der Waals surface area (Å²) in [6.45, 7) is 0. The lowest BCUT2D eigenvalue weighted by molar-refractivity contribution is 0.321. The summed E-state index contributed by atoms with van der Waals surface area (Å²) in [5.41, 5.74) is 3.19. The molecule has 0 unspecified atom stereocenters. The number of nitrogens with zero attached hydrogens (tertiary/aromatic N) is 1. The van der Waals surface area contributed by atoms with Gasteiger partial charge in [-0.1, -0.05) is 5.16 Å². The first-order valence-corrected chi connectivity index (χ1v) is 4.91. The van der Waals surface area contributed by atoms with Gasteiger partial charge in [0.1, 0.15) is 0 Å². The normalized spacial score (nSPS) is 13.8. The fourth-order valence-electron chi connectivity index (χ4n) is 1.85. The van der Waals surface area contributed by atoms with Gasteiger partial charge in [0.25, 0.3) is 0 Å². The predicted octanol–water partition coefficient (Wildman–Crippen LogP) is 2.10. The summed E-state index contributed by atoms with van der Waals surface area (Å²) in [7, 11) is 3.22. The predicted molar refractivity (Wildman–Crippen MR) is 61.5 cm³/mol. The van der Waals surface area contributed by atoms with E-state index in [2.05, 4.69) is 5.16 Å². The van der Waals surface area contributed by atoms with Crippen LogP contribution in [0.3, 0.4) is 0 Å². The summed E-state index contributed by atoms with van der Waals surface area (Å²) in [4.78, 5) is 0. The van der Waals surface area contributed by atoms with Crippen LogP contribution in [0.1, 0.15) is 11.1 Å². The van der Waals surface area contributed by atoms with E-state index in [0.29, 0.717) is 5.75 Å². The lowest BCUT2D eigenvalue weighted by Gasteiger charge is -2.09. The Bertz CT molecular complexity index is 464. The van der Waals surface area contributed by atoms with Crippen molar-refractivity contribution in [2.45, 2.75) is 6.42 Å². The molecular weight excluding hydrogens is 206 g/mol. The van der Waals surface area contributed by atoms with Crippen molar-refractivity contribution in [3.05, 3.63) is 28.8 Å². The monoisotopic (exact) mass is 219 g/mol. The molecule has 16 heavy (non-hydrogen) atoms. The van der Waals surface area contributed by atoms with Crippen molar-refractivity contribution in [2.24, 2.45) is 5.16 Å². The van der Waals surface area contributed by atoms with Crippen molar-refractivity contribution in [3.8, 4) is 11.5 Å². The zero-order valence-electron chi connectivity index (χ0n) is 9.23. The second-order valence-electron chi connectivity index (χ2n) is 3.55. The number of ether oxygens (including phenoxy) is 2. The van der Waals surface area contributed by atoms with Gasteiger partial charge in [-0.2, -0.15) is 0 Å². The zero-order valence-corrected chi connectivity index (χ0v) is 9.23. The molecule has 1 aliphatic carbocycles. The summed E-state index contributed by atoms with van der Waals surface area (Å²) < 4.78 is 10.4. The minimum atomic E-state index is 0.708. The first kappa shape index (κ1) is 10.5. The molecule has 0 saturated heterocycles. The van der Waals surface area contributed by atoms with Crippen LogP contribution in [0.5, 0.6) is 11.5 Å². The van der Waals surface area contributed by atoms with Crippen LogP contribution in [0.4, 0.5) is 0 Å². The van der Waals surface area contributed by atoms with Gasteiger partial charge >= 0.3 is 0 Å². The average molecular weight is 219 g/mol. The molecule has 1 N–H and O–H groups in total. The highest BCUT2D eigenvalue weighted by Crippen LogP contribution is 2.35. The van der Waals surface area contributed by atoms with E-state index >= 15 is 0 Å². The number of methoxy groups -OCH3 is 2. The third kappa shape index (κ3) is 1.74. The third-order valence-corrected chi connectivity index (χ3v) is 2.60. The van der Waals surface area contributed by atoms with Crippen LogP contribution in [0, 0.1) is 0 Å². The Morgan fingerprint density at radius 1 is 1.25 bits per heavy atom. The molecule has 4 nitrogen and oxygen atoms in total. The topological polar surface area (TPSA) is 51.0 Å². The molecule has 0 atom stereocenters. The largest absolute Gasteiger partial charge is 0.493 e. The molecule has 0 aromatic heterocycles. The molecule has 2 rings (SSSR count). The maximum Gasteiger partial charge on any atom is 0.161 e. The number of hydrogen-bond donors (Lipinski definition) is 1. The minimum absolute atomic E-state index is 0.708. The van der Waals surface area contributed by atoms with Gasteiger partial charge in [-0.25, -0.2) is 0 Å². The fraction of sp³-hybridized carbons (Fsp3) is 0.250. The van der Waals surface area contributed by atoms with Gasteiger partial charge in [-0.3, -0.25) is 0 Å². The Morgan fingerprint density at radius 3 is 2.56 bits per heavy atom. The van der Waals surface area contributed by atoms with E-state index in [1.165, 1.54) is 6.21 Å². The maximum atomic E-state index is 8.49. The molecule has 0 amide bonds. The highest BCUT2D eigenvalue weighted by Gasteiger charge is 2.15. The Balaban J connectivity index is 2.40. The van der Waals surface area contributed by atoms with Gasteiger partial charge in [0.05, 0.1) is 20.4 Å². The van der Waals surface area contributed by atoms with E-state index < -0.39 is 0 Å². The quantitative estimate of drug-likeness (QED) is 0.481. The summed E-state index contributed by atoms with van der Waals surface area (Å²) >= 11 is 0. The van der Waals surface area contributed by atoms with E-state index in [1.807, 2.05) is 18.2 Å². The minimum Gasteiger partial charge on any atom is -0.493 e. The highest BCUT2D eigenvalue weighted by molar-refractivity contribution is 5.89. The molecule has 0 radical (unpaired) electrons. The lowest BCUT2D eigenvalue weighted by Crippen LogP contribution is -1.93. The summed E-state index contributed by atoms with van der Waals surface area (Å²) in [5, 5.41) is 11.5. The van der Waals surface area contributed by atoms with Crippen LogP contribution in [0.2, 0.25) is 0 Å². The van der Waals surface area contributed by atoms with Crippen LogP contribution >= 0.6 is 0 Å². The number of oxime groups is 1. The summed E-state index contributed by atoms with van der Waals surface area (Å²) in [6.07, 6.45) is 4.16. The first-order chi connectivity index (χ1) is 7.78. The van der Waals surface area contributed by atoms with Gasteiger partial charge in [-0.15, -0.1) is 0 Å². The van der Waals surface area contributed by atoms with Crippen LogP contribution in [0.25, 0.3) is 6.08 Å². The van der Waals surface area contributed by atoms with Gasteiger partial charge in [-0.05, 0) is 41.3 Å². The number of fused-ring (bicyclic) bond motifs is 1. The van der Waals surface area contributed by atoms with Gasteiger partial charge in [0, 0.05) is 0 Å². The molecule has 0 heterocycles. The van der Waals surface area contributed by atoms with E-state index in [0.717, 1.165) is 28.9 Å². The van der Waals surface area contributed by atoms with Crippen molar-refractivity contribution < 1.29 is 14.7 Å². The van der Waals surface area contributed by atoms with Crippen molar-refractivity contribution in [2.75, 3.05) is 14.2 Å². The molecule has 1 aromatic rings. The van der Waals surface area contributed by atoms with Gasteiger partial charge < -0.3 is 14.7 Å². The molecule has 84 valence electrons. The smallest absolute Gasteiger partial charge is 0.161 e. The highest BCUT2D eigenvalue weighted by atomic mass is 16.5. The molecule has 0 saturated carbocycles. The van der Waals surface area contributed by atoms with E-state index in [1.54, 1.807) is 14.2 Å².